The lowest BCUT2D eigenvalue weighted by atomic mass is 9.65. The smallest absolute Gasteiger partial charge is 0.269 e. The summed E-state index contributed by atoms with van der Waals surface area (Å²) in [7, 11) is 0. The van der Waals surface area contributed by atoms with Gasteiger partial charge in [-0.2, -0.15) is 4.57 Å². The minimum atomic E-state index is -0.762. The van der Waals surface area contributed by atoms with Crippen molar-refractivity contribution >= 4 is 28.0 Å². The Morgan fingerprint density at radius 3 is 2.10 bits per heavy atom. The average Bonchev–Trinajstić information content (AvgIpc) is 2.90. The van der Waals surface area contributed by atoms with E-state index in [2.05, 4.69) is 55.7 Å². The second kappa shape index (κ2) is 10.7. The van der Waals surface area contributed by atoms with Crippen LogP contribution in [0.25, 0.3) is 10.8 Å². The molecule has 6 nitrogen and oxygen atoms in total. The van der Waals surface area contributed by atoms with Crippen molar-refractivity contribution < 1.29 is 19.1 Å². The first-order valence-electron chi connectivity index (χ1n) is 14.1. The molecule has 210 valence electrons. The Kier molecular flexibility index (Phi) is 7.37. The second-order valence-corrected chi connectivity index (χ2v) is 13.2. The SMILES string of the molecule is CC1(C)CC(=O)C(C(c2ccc(C(C)(C)C)cc2)c2c[n+](Cc3ccc([N+](=O)[O-])cc3)cc3ccccc23)C(=O)C1. The normalized spacial score (nSPS) is 16.6. The molecule has 0 saturated heterocycles. The minimum absolute atomic E-state index is 0.00833. The molecular weight excluding hydrogens is 512 g/mol. The Hall–Kier alpha value is -4.19. The molecule has 1 aliphatic rings. The molecule has 1 unspecified atom stereocenters. The third-order valence-corrected chi connectivity index (χ3v) is 8.20. The first-order valence-corrected chi connectivity index (χ1v) is 14.1. The van der Waals surface area contributed by atoms with Crippen LogP contribution in [0.15, 0.2) is 85.2 Å². The number of pyridine rings is 1. The van der Waals surface area contributed by atoms with Crippen molar-refractivity contribution in [2.45, 2.75) is 65.3 Å². The van der Waals surface area contributed by atoms with Gasteiger partial charge < -0.3 is 0 Å². The highest BCUT2D eigenvalue weighted by atomic mass is 16.6. The van der Waals surface area contributed by atoms with Crippen molar-refractivity contribution in [3.05, 3.63) is 118 Å². The van der Waals surface area contributed by atoms with Crippen molar-refractivity contribution in [1.82, 2.24) is 0 Å². The van der Waals surface area contributed by atoms with E-state index in [4.69, 9.17) is 0 Å². The van der Waals surface area contributed by atoms with E-state index in [9.17, 15) is 19.7 Å². The largest absolute Gasteiger partial charge is 0.299 e. The van der Waals surface area contributed by atoms with Crippen molar-refractivity contribution in [3.8, 4) is 0 Å². The van der Waals surface area contributed by atoms with Gasteiger partial charge in [0, 0.05) is 47.4 Å². The maximum absolute atomic E-state index is 13.8. The van der Waals surface area contributed by atoms with E-state index in [1.54, 1.807) is 12.1 Å². The van der Waals surface area contributed by atoms with E-state index < -0.39 is 16.8 Å². The lowest BCUT2D eigenvalue weighted by molar-refractivity contribution is -0.687. The van der Waals surface area contributed by atoms with Gasteiger partial charge in [-0.05, 0) is 45.5 Å². The molecule has 5 rings (SSSR count). The molecular formula is C35H37N2O4+. The lowest BCUT2D eigenvalue weighted by Gasteiger charge is -2.36. The fourth-order valence-corrected chi connectivity index (χ4v) is 6.13. The number of nitro groups is 1. The van der Waals surface area contributed by atoms with Crippen LogP contribution in [0.3, 0.4) is 0 Å². The molecule has 0 amide bonds. The molecule has 0 aliphatic heterocycles. The highest BCUT2D eigenvalue weighted by Crippen LogP contribution is 2.44. The van der Waals surface area contributed by atoms with Gasteiger partial charge in [-0.1, -0.05) is 77.1 Å². The van der Waals surface area contributed by atoms with Crippen molar-refractivity contribution in [1.29, 1.82) is 0 Å². The summed E-state index contributed by atoms with van der Waals surface area (Å²) in [4.78, 5) is 38.2. The molecule has 1 saturated carbocycles. The molecule has 0 N–H and O–H groups in total. The molecule has 0 bridgehead atoms. The zero-order valence-electron chi connectivity index (χ0n) is 24.4. The van der Waals surface area contributed by atoms with Crippen LogP contribution >= 0.6 is 0 Å². The Bertz CT molecular complexity index is 1610. The zero-order chi connectivity index (χ0) is 29.5. The molecule has 0 spiro atoms. The van der Waals surface area contributed by atoms with Gasteiger partial charge in [0.05, 0.1) is 10.8 Å². The molecule has 1 fully saturated rings. The first-order chi connectivity index (χ1) is 19.3. The predicted molar refractivity (Wildman–Crippen MR) is 160 cm³/mol. The number of Topliss-reactive ketones (excluding diaryl/α,β-unsaturated/α-hetero) is 2. The predicted octanol–water partition coefficient (Wildman–Crippen LogP) is 7.09. The van der Waals surface area contributed by atoms with Gasteiger partial charge in [0.25, 0.3) is 5.69 Å². The third kappa shape index (κ3) is 5.97. The summed E-state index contributed by atoms with van der Waals surface area (Å²) in [5, 5.41) is 13.1. The van der Waals surface area contributed by atoms with Crippen molar-refractivity contribution in [3.63, 3.8) is 0 Å². The number of nitrogens with zero attached hydrogens (tertiary/aromatic N) is 2. The summed E-state index contributed by atoms with van der Waals surface area (Å²) >= 11 is 0. The van der Waals surface area contributed by atoms with Gasteiger partial charge >= 0.3 is 0 Å². The average molecular weight is 550 g/mol. The Balaban J connectivity index is 1.67. The summed E-state index contributed by atoms with van der Waals surface area (Å²) in [5.41, 5.74) is 3.66. The minimum Gasteiger partial charge on any atom is -0.299 e. The summed E-state index contributed by atoms with van der Waals surface area (Å²) < 4.78 is 2.05. The number of aromatic nitrogens is 1. The Labute approximate surface area is 241 Å². The summed E-state index contributed by atoms with van der Waals surface area (Å²) in [6.07, 6.45) is 4.83. The first kappa shape index (κ1) is 28.3. The second-order valence-electron chi connectivity index (χ2n) is 13.2. The van der Waals surface area contributed by atoms with E-state index >= 15 is 0 Å². The van der Waals surface area contributed by atoms with Crippen LogP contribution in [0, 0.1) is 21.4 Å². The molecule has 1 aromatic heterocycles. The van der Waals surface area contributed by atoms with Crippen LogP contribution < -0.4 is 4.57 Å². The quantitative estimate of drug-likeness (QED) is 0.111. The van der Waals surface area contributed by atoms with Gasteiger partial charge in [-0.15, -0.1) is 0 Å². The number of benzene rings is 3. The molecule has 6 heteroatoms. The number of fused-ring (bicyclic) bond motifs is 1. The van der Waals surface area contributed by atoms with Gasteiger partial charge in [-0.25, -0.2) is 0 Å². The number of non-ortho nitro benzene ring substituents is 1. The fraction of sp³-hybridized carbons (Fsp3) is 0.343. The van der Waals surface area contributed by atoms with E-state index in [1.165, 1.54) is 17.7 Å². The van der Waals surface area contributed by atoms with Crippen LogP contribution in [-0.2, 0) is 21.5 Å². The van der Waals surface area contributed by atoms with Gasteiger partial charge in [-0.3, -0.25) is 19.7 Å². The Morgan fingerprint density at radius 1 is 0.902 bits per heavy atom. The monoisotopic (exact) mass is 549 g/mol. The molecule has 1 atom stereocenters. The number of rotatable bonds is 6. The van der Waals surface area contributed by atoms with Crippen LogP contribution in [-0.4, -0.2) is 16.5 Å². The number of hydrogen-bond acceptors (Lipinski definition) is 4. The van der Waals surface area contributed by atoms with Crippen LogP contribution in [0.2, 0.25) is 0 Å². The Morgan fingerprint density at radius 2 is 1.51 bits per heavy atom. The number of carbonyl (C=O) groups excluding carboxylic acids is 2. The molecule has 3 aromatic carbocycles. The molecule has 1 heterocycles. The lowest BCUT2D eigenvalue weighted by Crippen LogP contribution is -2.42. The third-order valence-electron chi connectivity index (χ3n) is 8.20. The number of ketones is 2. The summed E-state index contributed by atoms with van der Waals surface area (Å²) in [6.45, 7) is 11.0. The molecule has 1 aliphatic carbocycles. The zero-order valence-corrected chi connectivity index (χ0v) is 24.4. The summed E-state index contributed by atoms with van der Waals surface area (Å²) in [5.74, 6) is -1.21. The van der Waals surface area contributed by atoms with E-state index in [0.29, 0.717) is 19.4 Å². The maximum Gasteiger partial charge on any atom is 0.269 e. The van der Waals surface area contributed by atoms with Crippen molar-refractivity contribution in [2.24, 2.45) is 11.3 Å². The van der Waals surface area contributed by atoms with Crippen LogP contribution in [0.5, 0.6) is 0 Å². The van der Waals surface area contributed by atoms with Crippen LogP contribution in [0.1, 0.15) is 75.6 Å². The summed E-state index contributed by atoms with van der Waals surface area (Å²) in [6, 6.07) is 23.0. The molecule has 4 aromatic rings. The highest BCUT2D eigenvalue weighted by molar-refractivity contribution is 6.07. The number of nitro benzene ring substituents is 1. The maximum atomic E-state index is 13.8. The van der Waals surface area contributed by atoms with Gasteiger partial charge in [0.15, 0.2) is 18.9 Å². The van der Waals surface area contributed by atoms with Gasteiger partial charge in [0.1, 0.15) is 11.6 Å². The van der Waals surface area contributed by atoms with E-state index in [1.807, 2.05) is 44.4 Å². The number of carbonyl (C=O) groups is 2. The molecule has 41 heavy (non-hydrogen) atoms. The highest BCUT2D eigenvalue weighted by Gasteiger charge is 2.45. The van der Waals surface area contributed by atoms with E-state index in [-0.39, 0.29) is 28.1 Å². The van der Waals surface area contributed by atoms with Gasteiger partial charge in [0.2, 0.25) is 0 Å². The molecule has 0 radical (unpaired) electrons. The topological polar surface area (TPSA) is 81.2 Å². The van der Waals surface area contributed by atoms with E-state index in [0.717, 1.165) is 27.5 Å². The van der Waals surface area contributed by atoms with Crippen molar-refractivity contribution in [2.75, 3.05) is 0 Å². The fourth-order valence-electron chi connectivity index (χ4n) is 6.13. The van der Waals surface area contributed by atoms with Crippen LogP contribution in [0.4, 0.5) is 5.69 Å². The standard InChI is InChI=1S/C35H37N2O4/c1-34(2,3)26-14-12-24(13-15-26)32(33-30(38)18-35(4,5)19-31(33)39)29-22-36(21-25-8-6-7-9-28(25)29)20-23-10-16-27(17-11-23)37(40)41/h6-17,21-22,32-33H,18-20H2,1-5H3/q+1. The number of hydrogen-bond donors (Lipinski definition) is 0.